The van der Waals surface area contributed by atoms with Gasteiger partial charge in [-0.05, 0) is 51.3 Å². The maximum absolute atomic E-state index is 13.9. The van der Waals surface area contributed by atoms with Crippen molar-refractivity contribution in [3.8, 4) is 12.5 Å². The van der Waals surface area contributed by atoms with E-state index in [0.717, 1.165) is 16.0 Å². The lowest BCUT2D eigenvalue weighted by molar-refractivity contribution is -0.142. The molecule has 0 spiro atoms. The number of alkyl carbamates (subject to hydrolysis) is 1. The van der Waals surface area contributed by atoms with E-state index in [9.17, 15) is 19.2 Å². The molecule has 0 bridgehead atoms. The molecule has 0 saturated heterocycles. The first-order valence-electron chi connectivity index (χ1n) is 12.1. The summed E-state index contributed by atoms with van der Waals surface area (Å²) >= 11 is 0. The number of methoxy groups -OCH3 is 1. The Kier molecular flexibility index (Phi) is 10.5. The second-order valence-electron chi connectivity index (χ2n) is 9.78. The van der Waals surface area contributed by atoms with Crippen LogP contribution in [-0.2, 0) is 30.3 Å². The van der Waals surface area contributed by atoms with E-state index in [0.29, 0.717) is 11.1 Å². The molecule has 9 heteroatoms. The van der Waals surface area contributed by atoms with Crippen LogP contribution in [0, 0.1) is 26.3 Å². The van der Waals surface area contributed by atoms with Gasteiger partial charge in [0.25, 0.3) is 5.91 Å². The van der Waals surface area contributed by atoms with E-state index in [1.165, 1.54) is 7.11 Å². The number of benzene rings is 2. The van der Waals surface area contributed by atoms with Crippen molar-refractivity contribution in [1.82, 2.24) is 15.5 Å². The molecule has 2 aromatic carbocycles. The third kappa shape index (κ3) is 8.66. The molecule has 0 radical (unpaired) electrons. The van der Waals surface area contributed by atoms with Crippen molar-refractivity contribution in [3.05, 3.63) is 70.8 Å². The highest BCUT2D eigenvalue weighted by molar-refractivity contribution is 5.94. The largest absolute Gasteiger partial charge is 0.468 e. The number of esters is 1. The van der Waals surface area contributed by atoms with Crippen LogP contribution in [0.4, 0.5) is 4.79 Å². The van der Waals surface area contributed by atoms with Crippen LogP contribution in [-0.4, -0.2) is 54.1 Å². The van der Waals surface area contributed by atoms with Gasteiger partial charge in [0.05, 0.1) is 7.11 Å². The Morgan fingerprint density at radius 3 is 2.29 bits per heavy atom. The Bertz CT molecular complexity index is 1200. The summed E-state index contributed by atoms with van der Waals surface area (Å²) in [4.78, 5) is 52.6. The van der Waals surface area contributed by atoms with Gasteiger partial charge in [0.1, 0.15) is 24.2 Å². The van der Waals surface area contributed by atoms with Gasteiger partial charge in [-0.3, -0.25) is 19.3 Å². The normalized spacial score (nSPS) is 12.3. The van der Waals surface area contributed by atoms with Crippen molar-refractivity contribution in [2.45, 2.75) is 58.7 Å². The number of ether oxygens (including phenoxy) is 2. The summed E-state index contributed by atoms with van der Waals surface area (Å²) in [5.74, 6) is -2.03. The number of amides is 3. The van der Waals surface area contributed by atoms with Crippen molar-refractivity contribution in [2.75, 3.05) is 13.7 Å². The zero-order valence-corrected chi connectivity index (χ0v) is 22.7. The van der Waals surface area contributed by atoms with E-state index < -0.39 is 48.1 Å². The fourth-order valence-electron chi connectivity index (χ4n) is 3.71. The Balaban J connectivity index is 2.52. The van der Waals surface area contributed by atoms with Crippen LogP contribution in [0.25, 0.3) is 0 Å². The fourth-order valence-corrected chi connectivity index (χ4v) is 3.71. The number of hydrogen-bond acceptors (Lipinski definition) is 6. The van der Waals surface area contributed by atoms with Crippen molar-refractivity contribution >= 4 is 23.9 Å². The quantitative estimate of drug-likeness (QED) is 0.298. The third-order valence-electron chi connectivity index (χ3n) is 5.52. The second-order valence-corrected chi connectivity index (χ2v) is 9.78. The van der Waals surface area contributed by atoms with E-state index in [2.05, 4.69) is 21.4 Å². The summed E-state index contributed by atoms with van der Waals surface area (Å²) in [6.45, 7) is 8.34. The number of carbonyl (C=O) groups excluding carboxylic acids is 4. The van der Waals surface area contributed by atoms with Gasteiger partial charge in [0.15, 0.2) is 0 Å². The number of nitrogens with one attached hydrogen (secondary N) is 2. The lowest BCUT2D eigenvalue weighted by Gasteiger charge is -2.31. The second kappa shape index (κ2) is 13.3. The average Bonchev–Trinajstić information content (AvgIpc) is 2.85. The fraction of sp³-hybridized carbons (Fsp3) is 0.379. The number of aryl methyl sites for hydroxylation is 2. The first-order chi connectivity index (χ1) is 17.9. The van der Waals surface area contributed by atoms with E-state index in [-0.39, 0.29) is 6.42 Å². The smallest absolute Gasteiger partial charge is 0.408 e. The van der Waals surface area contributed by atoms with Crippen LogP contribution in [0.15, 0.2) is 48.5 Å². The van der Waals surface area contributed by atoms with Gasteiger partial charge in [-0.2, -0.15) is 0 Å². The molecule has 0 saturated carbocycles. The Hall–Kier alpha value is -4.32. The van der Waals surface area contributed by atoms with Crippen molar-refractivity contribution in [3.63, 3.8) is 0 Å². The molecule has 2 unspecified atom stereocenters. The minimum atomic E-state index is -1.28. The van der Waals surface area contributed by atoms with Crippen LogP contribution >= 0.6 is 0 Å². The number of nitrogens with zero attached hydrogens (tertiary/aromatic N) is 1. The van der Waals surface area contributed by atoms with Gasteiger partial charge < -0.3 is 20.1 Å². The van der Waals surface area contributed by atoms with Crippen LogP contribution in [0.3, 0.4) is 0 Å². The highest BCUT2D eigenvalue weighted by atomic mass is 16.6. The van der Waals surface area contributed by atoms with E-state index >= 15 is 0 Å². The maximum Gasteiger partial charge on any atom is 0.408 e. The summed E-state index contributed by atoms with van der Waals surface area (Å²) in [5.41, 5.74) is 1.99. The SMILES string of the molecule is C#CN(C(=O)C(Cc1ccccc1)NC(=O)OC(C)(C)C)C(C(=O)NCC(=O)OC)c1cc(C)ccc1C. The highest BCUT2D eigenvalue weighted by Crippen LogP contribution is 2.26. The first-order valence-corrected chi connectivity index (χ1v) is 12.1. The van der Waals surface area contributed by atoms with E-state index in [4.69, 9.17) is 11.2 Å². The molecule has 0 aliphatic rings. The van der Waals surface area contributed by atoms with Crippen molar-refractivity contribution in [1.29, 1.82) is 0 Å². The Labute approximate surface area is 223 Å². The molecule has 0 aliphatic heterocycles. The minimum Gasteiger partial charge on any atom is -0.468 e. The molecule has 0 aromatic heterocycles. The van der Waals surface area contributed by atoms with E-state index in [1.807, 2.05) is 49.4 Å². The van der Waals surface area contributed by atoms with Gasteiger partial charge in [0, 0.05) is 12.5 Å². The highest BCUT2D eigenvalue weighted by Gasteiger charge is 2.37. The van der Waals surface area contributed by atoms with Gasteiger partial charge >= 0.3 is 12.1 Å². The summed E-state index contributed by atoms with van der Waals surface area (Å²) < 4.78 is 9.99. The minimum absolute atomic E-state index is 0.0976. The first kappa shape index (κ1) is 29.9. The van der Waals surface area contributed by atoms with E-state index in [1.54, 1.807) is 33.8 Å². The van der Waals surface area contributed by atoms with Crippen LogP contribution in [0.5, 0.6) is 0 Å². The monoisotopic (exact) mass is 521 g/mol. The van der Waals surface area contributed by atoms with Crippen molar-refractivity contribution in [2.24, 2.45) is 0 Å². The molecule has 2 atom stereocenters. The maximum atomic E-state index is 13.9. The van der Waals surface area contributed by atoms with Gasteiger partial charge in [-0.25, -0.2) is 4.79 Å². The molecule has 9 nitrogen and oxygen atoms in total. The Morgan fingerprint density at radius 1 is 1.05 bits per heavy atom. The topological polar surface area (TPSA) is 114 Å². The summed E-state index contributed by atoms with van der Waals surface area (Å²) in [6, 6.07) is 14.4. The molecule has 2 rings (SSSR count). The molecule has 0 aliphatic carbocycles. The Morgan fingerprint density at radius 2 is 1.71 bits per heavy atom. The predicted octanol–water partition coefficient (Wildman–Crippen LogP) is 3.19. The number of carbonyl (C=O) groups is 4. The summed E-state index contributed by atoms with van der Waals surface area (Å²) in [7, 11) is 1.20. The molecule has 0 fully saturated rings. The average molecular weight is 522 g/mol. The molecule has 0 heterocycles. The van der Waals surface area contributed by atoms with Gasteiger partial charge in [-0.15, -0.1) is 0 Å². The molecule has 2 N–H and O–H groups in total. The number of terminal acetylenes is 1. The molecule has 2 aromatic rings. The molecule has 38 heavy (non-hydrogen) atoms. The zero-order valence-electron chi connectivity index (χ0n) is 22.7. The molecule has 3 amide bonds. The van der Waals surface area contributed by atoms with Gasteiger partial charge in [0.2, 0.25) is 5.91 Å². The third-order valence-corrected chi connectivity index (χ3v) is 5.52. The standard InChI is InChI=1S/C29H35N3O6/c1-8-32(25(26(34)30-18-24(33)37-7)22-16-19(2)14-15-20(22)3)27(35)23(17-21-12-10-9-11-13-21)31-28(36)38-29(4,5)6/h1,9-16,23,25H,17-18H2,2-7H3,(H,30,34)(H,31,36). The predicted molar refractivity (Wildman–Crippen MR) is 143 cm³/mol. The number of hydrogen-bond donors (Lipinski definition) is 2. The van der Waals surface area contributed by atoms with Crippen molar-refractivity contribution < 1.29 is 28.7 Å². The summed E-state index contributed by atoms with van der Waals surface area (Å²) in [5, 5.41) is 5.11. The van der Waals surface area contributed by atoms with Crippen LogP contribution < -0.4 is 10.6 Å². The van der Waals surface area contributed by atoms with Crippen LogP contribution in [0.2, 0.25) is 0 Å². The molecule has 202 valence electrons. The van der Waals surface area contributed by atoms with Crippen LogP contribution in [0.1, 0.15) is 49.1 Å². The zero-order chi connectivity index (χ0) is 28.5. The molecular formula is C29H35N3O6. The summed E-state index contributed by atoms with van der Waals surface area (Å²) in [6.07, 6.45) is 5.12. The molecular weight excluding hydrogens is 486 g/mol. The lowest BCUT2D eigenvalue weighted by Crippen LogP contribution is -2.52. The lowest BCUT2D eigenvalue weighted by atomic mass is 9.96. The van der Waals surface area contributed by atoms with Gasteiger partial charge in [-0.1, -0.05) is 60.5 Å². The number of rotatable bonds is 9.